The van der Waals surface area contributed by atoms with Crippen molar-refractivity contribution in [2.75, 3.05) is 4.90 Å². The van der Waals surface area contributed by atoms with Crippen LogP contribution < -0.4 is 4.90 Å². The van der Waals surface area contributed by atoms with Crippen molar-refractivity contribution in [3.8, 4) is 11.5 Å². The van der Waals surface area contributed by atoms with Gasteiger partial charge < -0.3 is 14.6 Å². The van der Waals surface area contributed by atoms with E-state index in [1.165, 1.54) is 18.2 Å². The number of anilines is 1. The fraction of sp³-hybridized carbons (Fsp3) is 0. The lowest BCUT2D eigenvalue weighted by Crippen LogP contribution is -2.27. The summed E-state index contributed by atoms with van der Waals surface area (Å²) < 4.78 is 4.92. The van der Waals surface area contributed by atoms with Crippen LogP contribution in [-0.4, -0.2) is 26.3 Å². The molecule has 1 aliphatic rings. The second-order valence-electron chi connectivity index (χ2n) is 4.62. The lowest BCUT2D eigenvalue weighted by atomic mass is 10.2. The minimum atomic E-state index is -0.720. The number of phenolic OH excluding ortho intramolecular Hbond substituents is 2. The van der Waals surface area contributed by atoms with Crippen LogP contribution in [0.25, 0.3) is 6.08 Å². The van der Waals surface area contributed by atoms with Gasteiger partial charge >= 0.3 is 5.88 Å². The van der Waals surface area contributed by atoms with Gasteiger partial charge in [-0.05, 0) is 30.0 Å². The van der Waals surface area contributed by atoms with E-state index in [1.807, 2.05) is 0 Å². The first-order valence-corrected chi connectivity index (χ1v) is 7.22. The number of furan rings is 1. The first-order chi connectivity index (χ1) is 11.4. The van der Waals surface area contributed by atoms with E-state index in [9.17, 15) is 29.9 Å². The van der Waals surface area contributed by atoms with Gasteiger partial charge in [0.1, 0.15) is 10.7 Å². The molecule has 2 N–H and O–H groups in total. The highest BCUT2D eigenvalue weighted by atomic mass is 32.2. The minimum absolute atomic E-state index is 0.0109. The average molecular weight is 348 g/mol. The molecule has 0 radical (unpaired) electrons. The summed E-state index contributed by atoms with van der Waals surface area (Å²) >= 11 is 0.624. The summed E-state index contributed by atoms with van der Waals surface area (Å²) in [5.74, 6) is -1.96. The van der Waals surface area contributed by atoms with Crippen molar-refractivity contribution in [3.63, 3.8) is 0 Å². The fourth-order valence-corrected chi connectivity index (χ4v) is 2.81. The van der Waals surface area contributed by atoms with Gasteiger partial charge in [0.2, 0.25) is 0 Å². The van der Waals surface area contributed by atoms with Crippen molar-refractivity contribution in [2.45, 2.75) is 0 Å². The van der Waals surface area contributed by atoms with Crippen molar-refractivity contribution < 1.29 is 29.1 Å². The number of carbonyl (C=O) groups excluding carboxylic acids is 2. The Bertz CT molecular complexity index is 902. The minimum Gasteiger partial charge on any atom is -0.504 e. The second kappa shape index (κ2) is 5.74. The summed E-state index contributed by atoms with van der Waals surface area (Å²) in [5, 5.41) is 28.7. The summed E-state index contributed by atoms with van der Waals surface area (Å²) in [6, 6.07) is 5.96. The molecule has 24 heavy (non-hydrogen) atoms. The summed E-state index contributed by atoms with van der Waals surface area (Å²) in [4.78, 5) is 35.1. The van der Waals surface area contributed by atoms with E-state index in [0.717, 1.165) is 23.1 Å². The molecule has 0 saturated carbocycles. The highest BCUT2D eigenvalue weighted by Gasteiger charge is 2.37. The number of aromatic hydroxyl groups is 2. The molecule has 0 atom stereocenters. The van der Waals surface area contributed by atoms with Gasteiger partial charge in [-0.1, -0.05) is 0 Å². The van der Waals surface area contributed by atoms with Gasteiger partial charge in [0, 0.05) is 12.1 Å². The Labute approximate surface area is 137 Å². The Balaban J connectivity index is 1.91. The van der Waals surface area contributed by atoms with E-state index in [1.54, 1.807) is 0 Å². The first-order valence-electron chi connectivity index (χ1n) is 6.41. The summed E-state index contributed by atoms with van der Waals surface area (Å²) in [6.45, 7) is 0. The summed E-state index contributed by atoms with van der Waals surface area (Å²) in [7, 11) is 0. The molecule has 122 valence electrons. The maximum absolute atomic E-state index is 12.4. The number of hydrogen-bond acceptors (Lipinski definition) is 8. The maximum Gasteiger partial charge on any atom is 0.433 e. The van der Waals surface area contributed by atoms with E-state index in [2.05, 4.69) is 0 Å². The van der Waals surface area contributed by atoms with E-state index in [4.69, 9.17) is 4.42 Å². The van der Waals surface area contributed by atoms with Gasteiger partial charge in [0.15, 0.2) is 11.5 Å². The summed E-state index contributed by atoms with van der Waals surface area (Å²) in [5.41, 5.74) is 0.0848. The van der Waals surface area contributed by atoms with Crippen LogP contribution in [0, 0.1) is 10.1 Å². The number of thioether (sulfide) groups is 1. The van der Waals surface area contributed by atoms with Gasteiger partial charge in [0.25, 0.3) is 11.1 Å². The zero-order valence-electron chi connectivity index (χ0n) is 11.7. The van der Waals surface area contributed by atoms with Crippen LogP contribution in [0.15, 0.2) is 39.7 Å². The van der Waals surface area contributed by atoms with Crippen LogP contribution in [0.2, 0.25) is 0 Å². The van der Waals surface area contributed by atoms with Crippen molar-refractivity contribution in [1.82, 2.24) is 0 Å². The molecule has 1 aliphatic heterocycles. The van der Waals surface area contributed by atoms with Crippen molar-refractivity contribution in [1.29, 1.82) is 0 Å². The Morgan fingerprint density at radius 3 is 2.54 bits per heavy atom. The molecular formula is C14H8N2O7S. The van der Waals surface area contributed by atoms with Crippen LogP contribution in [-0.2, 0) is 4.79 Å². The molecule has 2 amide bonds. The number of hydrogen-bond donors (Lipinski definition) is 2. The number of benzene rings is 1. The van der Waals surface area contributed by atoms with Crippen molar-refractivity contribution >= 4 is 40.6 Å². The molecule has 0 spiro atoms. The van der Waals surface area contributed by atoms with E-state index >= 15 is 0 Å². The van der Waals surface area contributed by atoms with E-state index in [0.29, 0.717) is 11.8 Å². The van der Waals surface area contributed by atoms with Gasteiger partial charge in [-0.15, -0.1) is 0 Å². The molecule has 9 nitrogen and oxygen atoms in total. The van der Waals surface area contributed by atoms with Crippen LogP contribution in [0.4, 0.5) is 16.4 Å². The molecule has 10 heteroatoms. The maximum atomic E-state index is 12.4. The van der Waals surface area contributed by atoms with Gasteiger partial charge in [-0.3, -0.25) is 19.7 Å². The van der Waals surface area contributed by atoms with Crippen molar-refractivity contribution in [2.24, 2.45) is 0 Å². The lowest BCUT2D eigenvalue weighted by molar-refractivity contribution is -0.402. The third kappa shape index (κ3) is 2.70. The number of nitrogens with zero attached hydrogens (tertiary/aromatic N) is 2. The quantitative estimate of drug-likeness (QED) is 0.374. The SMILES string of the molecule is O=C1S/C(=C\c2ccc([N+](=O)[O-])o2)C(=O)N1c1ccc(O)c(O)c1. The monoisotopic (exact) mass is 348 g/mol. The van der Waals surface area contributed by atoms with Crippen LogP contribution in [0.3, 0.4) is 0 Å². The predicted molar refractivity (Wildman–Crippen MR) is 83.6 cm³/mol. The van der Waals surface area contributed by atoms with Crippen LogP contribution in [0.5, 0.6) is 11.5 Å². The zero-order chi connectivity index (χ0) is 17.4. The molecule has 2 aromatic rings. The van der Waals surface area contributed by atoms with Gasteiger partial charge in [-0.25, -0.2) is 4.90 Å². The Morgan fingerprint density at radius 1 is 1.17 bits per heavy atom. The number of nitro groups is 1. The fourth-order valence-electron chi connectivity index (χ4n) is 1.99. The molecule has 1 saturated heterocycles. The molecule has 0 bridgehead atoms. The van der Waals surface area contributed by atoms with Crippen LogP contribution in [0.1, 0.15) is 5.76 Å². The lowest BCUT2D eigenvalue weighted by Gasteiger charge is -2.12. The highest BCUT2D eigenvalue weighted by molar-refractivity contribution is 8.19. The third-order valence-corrected chi connectivity index (χ3v) is 3.95. The Hall–Kier alpha value is -3.27. The van der Waals surface area contributed by atoms with Crippen LogP contribution >= 0.6 is 11.8 Å². The number of amides is 2. The first kappa shape index (κ1) is 15.6. The normalized spacial score (nSPS) is 16.2. The Morgan fingerprint density at radius 2 is 1.92 bits per heavy atom. The molecular weight excluding hydrogens is 340 g/mol. The number of rotatable bonds is 3. The predicted octanol–water partition coefficient (Wildman–Crippen LogP) is 2.84. The standard InChI is InChI=1S/C14H8N2O7S/c17-9-3-1-7(5-10(9)18)15-13(19)11(24-14(15)20)6-8-2-4-12(23-8)16(21)22/h1-6,17-18H/b11-6-. The van der Waals surface area contributed by atoms with Gasteiger partial charge in [0.05, 0.1) is 16.7 Å². The average Bonchev–Trinajstić information content (AvgIpc) is 3.09. The van der Waals surface area contributed by atoms with Crippen molar-refractivity contribution in [3.05, 3.63) is 51.1 Å². The summed E-state index contributed by atoms with van der Waals surface area (Å²) in [6.07, 6.45) is 1.22. The van der Waals surface area contributed by atoms with E-state index < -0.39 is 27.7 Å². The molecule has 1 aromatic heterocycles. The third-order valence-electron chi connectivity index (χ3n) is 3.08. The molecule has 0 aliphatic carbocycles. The smallest absolute Gasteiger partial charge is 0.433 e. The molecule has 3 rings (SSSR count). The molecule has 0 unspecified atom stereocenters. The number of carbonyl (C=O) groups is 2. The van der Waals surface area contributed by atoms with Gasteiger partial charge in [-0.2, -0.15) is 0 Å². The molecule has 1 fully saturated rings. The second-order valence-corrected chi connectivity index (χ2v) is 5.62. The molecule has 2 heterocycles. The highest BCUT2D eigenvalue weighted by Crippen LogP contribution is 2.38. The van der Waals surface area contributed by atoms with E-state index in [-0.39, 0.29) is 22.1 Å². The Kier molecular flexibility index (Phi) is 3.73. The number of phenols is 2. The number of imide groups is 1. The topological polar surface area (TPSA) is 134 Å². The molecule has 1 aromatic carbocycles. The largest absolute Gasteiger partial charge is 0.504 e. The zero-order valence-corrected chi connectivity index (χ0v) is 12.5.